The highest BCUT2D eigenvalue weighted by atomic mass is 16.3. The predicted molar refractivity (Wildman–Crippen MR) is 43.6 cm³/mol. The quantitative estimate of drug-likeness (QED) is 0.723. The minimum atomic E-state index is 0.170. The number of aryl methyl sites for hydroxylation is 1. The number of hydrogen-bond donors (Lipinski definition) is 1. The van der Waals surface area contributed by atoms with Crippen molar-refractivity contribution in [3.05, 3.63) is 23.7 Å². The first-order chi connectivity index (χ1) is 5.27. The summed E-state index contributed by atoms with van der Waals surface area (Å²) >= 11 is 0. The normalized spacial score (nSPS) is 13.4. The average molecular weight is 154 g/mol. The molecular weight excluding hydrogens is 140 g/mol. The van der Waals surface area contributed by atoms with E-state index in [0.717, 1.165) is 17.9 Å². The molecule has 1 atom stereocenters. The molecule has 0 saturated heterocycles. The van der Waals surface area contributed by atoms with Gasteiger partial charge in [0, 0.05) is 5.92 Å². The third kappa shape index (κ3) is 1.84. The van der Waals surface area contributed by atoms with Gasteiger partial charge in [-0.3, -0.25) is 0 Å². The Hall–Kier alpha value is -0.760. The average Bonchev–Trinajstić information content (AvgIpc) is 2.39. The molecule has 1 N–H and O–H groups in total. The minimum absolute atomic E-state index is 0.170. The SMILES string of the molecule is CC[C@@H](CO)c1ccc(C)o1. The summed E-state index contributed by atoms with van der Waals surface area (Å²) in [5.74, 6) is 1.98. The molecule has 0 aromatic carbocycles. The van der Waals surface area contributed by atoms with Crippen LogP contribution in [0.25, 0.3) is 0 Å². The topological polar surface area (TPSA) is 33.4 Å². The van der Waals surface area contributed by atoms with Gasteiger partial charge in [0.1, 0.15) is 11.5 Å². The summed E-state index contributed by atoms with van der Waals surface area (Å²) in [5, 5.41) is 8.93. The zero-order valence-electron chi connectivity index (χ0n) is 7.00. The molecule has 0 amide bonds. The number of hydrogen-bond acceptors (Lipinski definition) is 2. The maximum absolute atomic E-state index is 8.93. The zero-order chi connectivity index (χ0) is 8.27. The molecule has 11 heavy (non-hydrogen) atoms. The molecule has 0 aliphatic carbocycles. The molecule has 0 aliphatic rings. The summed E-state index contributed by atoms with van der Waals surface area (Å²) in [6.45, 7) is 4.12. The van der Waals surface area contributed by atoms with Crippen molar-refractivity contribution in [3.8, 4) is 0 Å². The van der Waals surface area contributed by atoms with Crippen LogP contribution in [0.2, 0.25) is 0 Å². The van der Waals surface area contributed by atoms with Gasteiger partial charge in [-0.2, -0.15) is 0 Å². The van der Waals surface area contributed by atoms with Gasteiger partial charge in [-0.1, -0.05) is 6.92 Å². The molecule has 0 fully saturated rings. The standard InChI is InChI=1S/C9H14O2/c1-3-8(6-10)9-5-4-7(2)11-9/h4-5,8,10H,3,6H2,1-2H3/t8-/m0/s1. The Kier molecular flexibility index (Phi) is 2.71. The van der Waals surface area contributed by atoms with E-state index in [1.165, 1.54) is 0 Å². The van der Waals surface area contributed by atoms with E-state index >= 15 is 0 Å². The first-order valence-electron chi connectivity index (χ1n) is 3.95. The second-order valence-electron chi connectivity index (χ2n) is 2.74. The Morgan fingerprint density at radius 1 is 1.55 bits per heavy atom. The number of aliphatic hydroxyl groups is 1. The summed E-state index contributed by atoms with van der Waals surface area (Å²) in [7, 11) is 0. The Bertz CT molecular complexity index is 211. The van der Waals surface area contributed by atoms with Crippen LogP contribution in [0.4, 0.5) is 0 Å². The van der Waals surface area contributed by atoms with Gasteiger partial charge in [0.05, 0.1) is 6.61 Å². The Morgan fingerprint density at radius 3 is 2.64 bits per heavy atom. The Morgan fingerprint density at radius 2 is 2.27 bits per heavy atom. The zero-order valence-corrected chi connectivity index (χ0v) is 7.00. The van der Waals surface area contributed by atoms with Crippen molar-refractivity contribution in [2.24, 2.45) is 0 Å². The van der Waals surface area contributed by atoms with Crippen LogP contribution >= 0.6 is 0 Å². The fourth-order valence-corrected chi connectivity index (χ4v) is 1.09. The first-order valence-corrected chi connectivity index (χ1v) is 3.95. The van der Waals surface area contributed by atoms with Crippen molar-refractivity contribution in [2.45, 2.75) is 26.2 Å². The molecule has 1 aromatic heterocycles. The monoisotopic (exact) mass is 154 g/mol. The van der Waals surface area contributed by atoms with Gasteiger partial charge >= 0.3 is 0 Å². The Labute approximate surface area is 66.8 Å². The van der Waals surface area contributed by atoms with Crippen molar-refractivity contribution in [2.75, 3.05) is 6.61 Å². The molecule has 0 unspecified atom stereocenters. The summed E-state index contributed by atoms with van der Waals surface area (Å²) < 4.78 is 5.37. The molecular formula is C9H14O2. The predicted octanol–water partition coefficient (Wildman–Crippen LogP) is 2.07. The van der Waals surface area contributed by atoms with Gasteiger partial charge in [-0.25, -0.2) is 0 Å². The molecule has 1 heterocycles. The summed E-state index contributed by atoms with van der Waals surface area (Å²) in [6.07, 6.45) is 0.920. The van der Waals surface area contributed by atoms with Crippen molar-refractivity contribution in [1.29, 1.82) is 0 Å². The lowest BCUT2D eigenvalue weighted by Crippen LogP contribution is -2.00. The lowest BCUT2D eigenvalue weighted by molar-refractivity contribution is 0.244. The third-order valence-electron chi connectivity index (χ3n) is 1.88. The fourth-order valence-electron chi connectivity index (χ4n) is 1.09. The summed E-state index contributed by atoms with van der Waals surface area (Å²) in [5.41, 5.74) is 0. The lowest BCUT2D eigenvalue weighted by atomic mass is 10.1. The number of rotatable bonds is 3. The van der Waals surface area contributed by atoms with E-state index in [-0.39, 0.29) is 12.5 Å². The molecule has 2 heteroatoms. The second-order valence-corrected chi connectivity index (χ2v) is 2.74. The highest BCUT2D eigenvalue weighted by molar-refractivity contribution is 5.09. The van der Waals surface area contributed by atoms with Gasteiger partial charge in [0.25, 0.3) is 0 Å². The van der Waals surface area contributed by atoms with Crippen LogP contribution in [0.1, 0.15) is 30.8 Å². The molecule has 0 radical (unpaired) electrons. The first kappa shape index (κ1) is 8.34. The van der Waals surface area contributed by atoms with Crippen LogP contribution in [0.15, 0.2) is 16.5 Å². The van der Waals surface area contributed by atoms with Crippen LogP contribution in [0.5, 0.6) is 0 Å². The smallest absolute Gasteiger partial charge is 0.109 e. The summed E-state index contributed by atoms with van der Waals surface area (Å²) in [6, 6.07) is 3.85. The van der Waals surface area contributed by atoms with E-state index in [9.17, 15) is 0 Å². The lowest BCUT2D eigenvalue weighted by Gasteiger charge is -2.06. The summed E-state index contributed by atoms with van der Waals surface area (Å²) in [4.78, 5) is 0. The molecule has 0 aliphatic heterocycles. The van der Waals surface area contributed by atoms with Crippen molar-refractivity contribution in [1.82, 2.24) is 0 Å². The fraction of sp³-hybridized carbons (Fsp3) is 0.556. The van der Waals surface area contributed by atoms with Crippen LogP contribution in [-0.2, 0) is 0 Å². The molecule has 0 spiro atoms. The molecule has 2 nitrogen and oxygen atoms in total. The Balaban J connectivity index is 2.73. The molecule has 0 bridgehead atoms. The van der Waals surface area contributed by atoms with Gasteiger partial charge < -0.3 is 9.52 Å². The van der Waals surface area contributed by atoms with Crippen LogP contribution in [0, 0.1) is 6.92 Å². The van der Waals surface area contributed by atoms with Gasteiger partial charge in [-0.05, 0) is 25.5 Å². The van der Waals surface area contributed by atoms with Crippen molar-refractivity contribution in [3.63, 3.8) is 0 Å². The van der Waals surface area contributed by atoms with Crippen LogP contribution < -0.4 is 0 Å². The van der Waals surface area contributed by atoms with E-state index in [1.807, 2.05) is 26.0 Å². The van der Waals surface area contributed by atoms with E-state index in [1.54, 1.807) is 0 Å². The number of furan rings is 1. The van der Waals surface area contributed by atoms with Crippen molar-refractivity contribution >= 4 is 0 Å². The largest absolute Gasteiger partial charge is 0.466 e. The molecule has 1 aromatic rings. The van der Waals surface area contributed by atoms with Gasteiger partial charge in [0.2, 0.25) is 0 Å². The van der Waals surface area contributed by atoms with Crippen LogP contribution in [0.3, 0.4) is 0 Å². The van der Waals surface area contributed by atoms with E-state index < -0.39 is 0 Å². The highest BCUT2D eigenvalue weighted by Crippen LogP contribution is 2.20. The molecule has 0 saturated carbocycles. The molecule has 1 rings (SSSR count). The third-order valence-corrected chi connectivity index (χ3v) is 1.88. The van der Waals surface area contributed by atoms with Crippen LogP contribution in [-0.4, -0.2) is 11.7 Å². The van der Waals surface area contributed by atoms with Gasteiger partial charge in [-0.15, -0.1) is 0 Å². The van der Waals surface area contributed by atoms with E-state index in [0.29, 0.717) is 0 Å². The molecule has 62 valence electrons. The minimum Gasteiger partial charge on any atom is -0.466 e. The van der Waals surface area contributed by atoms with Crippen molar-refractivity contribution < 1.29 is 9.52 Å². The highest BCUT2D eigenvalue weighted by Gasteiger charge is 2.10. The maximum Gasteiger partial charge on any atom is 0.109 e. The number of aliphatic hydroxyl groups excluding tert-OH is 1. The maximum atomic E-state index is 8.93. The second kappa shape index (κ2) is 3.58. The van der Waals surface area contributed by atoms with E-state index in [2.05, 4.69) is 0 Å². The van der Waals surface area contributed by atoms with E-state index in [4.69, 9.17) is 9.52 Å². The van der Waals surface area contributed by atoms with Gasteiger partial charge in [0.15, 0.2) is 0 Å².